The highest BCUT2D eigenvalue weighted by Crippen LogP contribution is 2.17. The van der Waals surface area contributed by atoms with Gasteiger partial charge >= 0.3 is 0 Å². The Labute approximate surface area is 119 Å². The third kappa shape index (κ3) is 3.60. The third-order valence-electron chi connectivity index (χ3n) is 2.99. The molecule has 0 aliphatic heterocycles. The molecule has 0 aliphatic rings. The highest BCUT2D eigenvalue weighted by atomic mass is 16.5. The van der Waals surface area contributed by atoms with Crippen molar-refractivity contribution in [1.29, 1.82) is 0 Å². The first kappa shape index (κ1) is 14.1. The smallest absolute Gasteiger partial charge is 0.134 e. The molecule has 2 rings (SSSR count). The molecule has 0 amide bonds. The molecule has 106 valence electrons. The number of nitrogens with two attached hydrogens (primary N) is 1. The molecular formula is C15H20N4O. The van der Waals surface area contributed by atoms with Crippen LogP contribution in [0.4, 0.5) is 11.6 Å². The summed E-state index contributed by atoms with van der Waals surface area (Å²) >= 11 is 0. The van der Waals surface area contributed by atoms with Crippen LogP contribution in [0.5, 0.6) is 5.75 Å². The highest BCUT2D eigenvalue weighted by Gasteiger charge is 2.06. The van der Waals surface area contributed by atoms with E-state index in [1.807, 2.05) is 38.1 Å². The van der Waals surface area contributed by atoms with E-state index in [0.29, 0.717) is 19.0 Å². The summed E-state index contributed by atoms with van der Waals surface area (Å²) in [6.45, 7) is 5.31. The molecule has 1 aromatic carbocycles. The van der Waals surface area contributed by atoms with Gasteiger partial charge in [-0.1, -0.05) is 19.1 Å². The first-order chi connectivity index (χ1) is 9.70. The van der Waals surface area contributed by atoms with E-state index in [1.165, 1.54) is 11.9 Å². The molecule has 0 atom stereocenters. The van der Waals surface area contributed by atoms with Crippen molar-refractivity contribution in [3.8, 4) is 5.75 Å². The van der Waals surface area contributed by atoms with Crippen LogP contribution < -0.4 is 15.8 Å². The molecule has 0 aliphatic carbocycles. The van der Waals surface area contributed by atoms with Gasteiger partial charge in [-0.05, 0) is 31.0 Å². The van der Waals surface area contributed by atoms with Crippen LogP contribution in [0.2, 0.25) is 0 Å². The maximum absolute atomic E-state index is 5.82. The van der Waals surface area contributed by atoms with Gasteiger partial charge < -0.3 is 15.8 Å². The molecule has 0 bridgehead atoms. The molecule has 0 saturated carbocycles. The van der Waals surface area contributed by atoms with E-state index in [-0.39, 0.29) is 0 Å². The van der Waals surface area contributed by atoms with Gasteiger partial charge in [0.1, 0.15) is 30.3 Å². The third-order valence-corrected chi connectivity index (χ3v) is 2.99. The topological polar surface area (TPSA) is 73.1 Å². The predicted molar refractivity (Wildman–Crippen MR) is 81.0 cm³/mol. The Hall–Kier alpha value is -2.30. The van der Waals surface area contributed by atoms with Crippen LogP contribution in [0, 0.1) is 6.92 Å². The maximum Gasteiger partial charge on any atom is 0.134 e. The molecule has 0 spiro atoms. The molecule has 3 N–H and O–H groups in total. The SMILES string of the molecule is CCc1c(N)ncnc1NCCOc1cccc(C)c1. The average molecular weight is 272 g/mol. The highest BCUT2D eigenvalue weighted by molar-refractivity contribution is 5.54. The minimum absolute atomic E-state index is 0.532. The Balaban J connectivity index is 1.86. The number of nitrogens with zero attached hydrogens (tertiary/aromatic N) is 2. The number of hydrogen-bond donors (Lipinski definition) is 2. The van der Waals surface area contributed by atoms with Crippen molar-refractivity contribution in [2.75, 3.05) is 24.2 Å². The largest absolute Gasteiger partial charge is 0.492 e. The zero-order valence-corrected chi connectivity index (χ0v) is 11.9. The summed E-state index contributed by atoms with van der Waals surface area (Å²) < 4.78 is 5.68. The number of aromatic nitrogens is 2. The van der Waals surface area contributed by atoms with Gasteiger partial charge in [-0.2, -0.15) is 0 Å². The number of nitrogens with one attached hydrogen (secondary N) is 1. The van der Waals surface area contributed by atoms with Crippen molar-refractivity contribution < 1.29 is 4.74 Å². The molecule has 20 heavy (non-hydrogen) atoms. The van der Waals surface area contributed by atoms with Crippen LogP contribution in [0.15, 0.2) is 30.6 Å². The monoisotopic (exact) mass is 272 g/mol. The lowest BCUT2D eigenvalue weighted by molar-refractivity contribution is 0.332. The Morgan fingerprint density at radius 2 is 2.15 bits per heavy atom. The second-order valence-electron chi connectivity index (χ2n) is 4.53. The number of ether oxygens (including phenoxy) is 1. The molecule has 5 heteroatoms. The average Bonchev–Trinajstić information content (AvgIpc) is 2.44. The Morgan fingerprint density at radius 1 is 1.30 bits per heavy atom. The minimum atomic E-state index is 0.532. The van der Waals surface area contributed by atoms with E-state index in [9.17, 15) is 0 Å². The van der Waals surface area contributed by atoms with Gasteiger partial charge in [0.2, 0.25) is 0 Å². The number of nitrogen functional groups attached to an aromatic ring is 1. The van der Waals surface area contributed by atoms with Crippen LogP contribution >= 0.6 is 0 Å². The van der Waals surface area contributed by atoms with Crippen molar-refractivity contribution in [3.63, 3.8) is 0 Å². The molecule has 0 radical (unpaired) electrons. The van der Waals surface area contributed by atoms with Crippen LogP contribution in [0.3, 0.4) is 0 Å². The number of aryl methyl sites for hydroxylation is 1. The summed E-state index contributed by atoms with van der Waals surface area (Å²) in [5.74, 6) is 2.20. The van der Waals surface area contributed by atoms with Gasteiger partial charge in [0.25, 0.3) is 0 Å². The molecule has 1 aromatic heterocycles. The van der Waals surface area contributed by atoms with Gasteiger partial charge in [0, 0.05) is 5.56 Å². The van der Waals surface area contributed by atoms with Crippen LogP contribution in [0.25, 0.3) is 0 Å². The fourth-order valence-corrected chi connectivity index (χ4v) is 1.97. The predicted octanol–water partition coefficient (Wildman–Crippen LogP) is 2.42. The first-order valence-electron chi connectivity index (χ1n) is 6.73. The summed E-state index contributed by atoms with van der Waals surface area (Å²) in [5.41, 5.74) is 7.96. The van der Waals surface area contributed by atoms with Crippen molar-refractivity contribution >= 4 is 11.6 Å². The summed E-state index contributed by atoms with van der Waals surface area (Å²) in [6.07, 6.45) is 2.27. The van der Waals surface area contributed by atoms with Gasteiger partial charge in [-0.15, -0.1) is 0 Å². The summed E-state index contributed by atoms with van der Waals surface area (Å²) in [6, 6.07) is 7.99. The van der Waals surface area contributed by atoms with E-state index in [2.05, 4.69) is 15.3 Å². The molecule has 1 heterocycles. The molecule has 2 aromatic rings. The normalized spacial score (nSPS) is 10.3. The quantitative estimate of drug-likeness (QED) is 0.790. The number of rotatable bonds is 6. The van der Waals surface area contributed by atoms with E-state index in [4.69, 9.17) is 10.5 Å². The summed E-state index contributed by atoms with van der Waals surface area (Å²) in [5, 5.41) is 3.23. The number of benzene rings is 1. The second kappa shape index (κ2) is 6.75. The van der Waals surface area contributed by atoms with Crippen molar-refractivity contribution in [3.05, 3.63) is 41.7 Å². The first-order valence-corrected chi connectivity index (χ1v) is 6.73. The standard InChI is InChI=1S/C15H20N4O/c1-3-13-14(16)18-10-19-15(13)17-7-8-20-12-6-4-5-11(2)9-12/h4-6,9-10H,3,7-8H2,1-2H3,(H3,16,17,18,19). The molecular weight excluding hydrogens is 252 g/mol. The van der Waals surface area contributed by atoms with Gasteiger partial charge in [-0.3, -0.25) is 0 Å². The molecule has 5 nitrogen and oxygen atoms in total. The van der Waals surface area contributed by atoms with Crippen LogP contribution in [-0.2, 0) is 6.42 Å². The van der Waals surface area contributed by atoms with E-state index in [0.717, 1.165) is 23.6 Å². The zero-order chi connectivity index (χ0) is 14.4. The van der Waals surface area contributed by atoms with E-state index in [1.54, 1.807) is 0 Å². The Bertz CT molecular complexity index is 572. The number of hydrogen-bond acceptors (Lipinski definition) is 5. The molecule has 0 saturated heterocycles. The van der Waals surface area contributed by atoms with Crippen molar-refractivity contribution in [1.82, 2.24) is 9.97 Å². The fraction of sp³-hybridized carbons (Fsp3) is 0.333. The van der Waals surface area contributed by atoms with E-state index >= 15 is 0 Å². The van der Waals surface area contributed by atoms with Gasteiger partial charge in [0.05, 0.1) is 6.54 Å². The Kier molecular flexibility index (Phi) is 4.76. The summed E-state index contributed by atoms with van der Waals surface area (Å²) in [4.78, 5) is 8.20. The lowest BCUT2D eigenvalue weighted by Crippen LogP contribution is -2.14. The van der Waals surface area contributed by atoms with Crippen molar-refractivity contribution in [2.45, 2.75) is 20.3 Å². The molecule has 0 unspecified atom stereocenters. The fourth-order valence-electron chi connectivity index (χ4n) is 1.97. The lowest BCUT2D eigenvalue weighted by Gasteiger charge is -2.12. The second-order valence-corrected chi connectivity index (χ2v) is 4.53. The van der Waals surface area contributed by atoms with Crippen LogP contribution in [-0.4, -0.2) is 23.1 Å². The van der Waals surface area contributed by atoms with E-state index < -0.39 is 0 Å². The van der Waals surface area contributed by atoms with Crippen LogP contribution in [0.1, 0.15) is 18.1 Å². The number of anilines is 2. The summed E-state index contributed by atoms with van der Waals surface area (Å²) in [7, 11) is 0. The van der Waals surface area contributed by atoms with Gasteiger partial charge in [0.15, 0.2) is 0 Å². The molecule has 0 fully saturated rings. The minimum Gasteiger partial charge on any atom is -0.492 e. The van der Waals surface area contributed by atoms with Gasteiger partial charge in [-0.25, -0.2) is 9.97 Å². The Morgan fingerprint density at radius 3 is 2.90 bits per heavy atom. The lowest BCUT2D eigenvalue weighted by atomic mass is 10.2. The zero-order valence-electron chi connectivity index (χ0n) is 11.9. The van der Waals surface area contributed by atoms with Crippen molar-refractivity contribution in [2.24, 2.45) is 0 Å². The maximum atomic E-state index is 5.82.